The first kappa shape index (κ1) is 16.0. The second-order valence-corrected chi connectivity index (χ2v) is 0.901. The molecule has 50 valence electrons. The van der Waals surface area contributed by atoms with E-state index in [2.05, 4.69) is 16.4 Å². The predicted octanol–water partition coefficient (Wildman–Crippen LogP) is -2.45. The molecule has 0 unspecified atom stereocenters. The fraction of sp³-hybridized carbons (Fsp3) is 0.750. The van der Waals surface area contributed by atoms with Gasteiger partial charge in [-0.1, -0.05) is 0 Å². The maximum Gasteiger partial charge on any atom is 1.00 e. The monoisotopic (exact) mass is 160 g/mol. The minimum Gasteiger partial charge on any atom is -1.00 e. The number of hydrogen-bond donors (Lipinski definition) is 0. The van der Waals surface area contributed by atoms with E-state index < -0.39 is 0 Å². The van der Waals surface area contributed by atoms with E-state index in [1.807, 2.05) is 0 Å². The molecular weight excluding hydrogens is 151 g/mol. The van der Waals surface area contributed by atoms with Crippen LogP contribution in [0.4, 0.5) is 0 Å². The summed E-state index contributed by atoms with van der Waals surface area (Å²) in [5, 5.41) is 0. The van der Waals surface area contributed by atoms with E-state index in [9.17, 15) is 0 Å². The van der Waals surface area contributed by atoms with Crippen LogP contribution in [0.1, 0.15) is 1.43 Å². The van der Waals surface area contributed by atoms with Gasteiger partial charge in [-0.2, -0.15) is 0 Å². The van der Waals surface area contributed by atoms with Crippen molar-refractivity contribution in [1.82, 2.24) is 0 Å². The van der Waals surface area contributed by atoms with E-state index >= 15 is 0 Å². The zero-order chi connectivity index (χ0) is 4.99. The Kier molecular flexibility index (Phi) is 21.9. The normalized spacial score (nSPS) is 7.50. The van der Waals surface area contributed by atoms with Crippen LogP contribution in [0.2, 0.25) is 0 Å². The largest absolute Gasteiger partial charge is 1.00 e. The van der Waals surface area contributed by atoms with Crippen molar-refractivity contribution in [3.63, 3.8) is 0 Å². The Hall–Kier alpha value is 1.04. The second kappa shape index (κ2) is 10.9. The van der Waals surface area contributed by atoms with Gasteiger partial charge in [0.2, 0.25) is 0 Å². The molecule has 0 fully saturated rings. The van der Waals surface area contributed by atoms with Crippen LogP contribution in [0.25, 0.3) is 0 Å². The van der Waals surface area contributed by atoms with Gasteiger partial charge < -0.3 is 10.9 Å². The van der Waals surface area contributed by atoms with Gasteiger partial charge in [-0.05, 0) is 0 Å². The van der Waals surface area contributed by atoms with Crippen LogP contribution in [0.3, 0.4) is 0 Å². The summed E-state index contributed by atoms with van der Waals surface area (Å²) in [6, 6.07) is 0. The van der Waals surface area contributed by atoms with Crippen molar-refractivity contribution in [3.05, 3.63) is 6.92 Å². The van der Waals surface area contributed by atoms with Crippen LogP contribution in [-0.4, -0.2) is 20.5 Å². The van der Waals surface area contributed by atoms with Gasteiger partial charge in [-0.25, -0.2) is 0 Å². The van der Waals surface area contributed by atoms with Crippen LogP contribution in [0, 0.1) is 6.92 Å². The number of ether oxygens (including phenoxy) is 2. The molecule has 0 aromatic heterocycles. The Bertz CT molecular complexity index is 37.7. The first-order chi connectivity index (χ1) is 2.81. The van der Waals surface area contributed by atoms with Crippen LogP contribution in [0.15, 0.2) is 0 Å². The molecule has 0 saturated heterocycles. The maximum absolute atomic E-state index is 4.57. The van der Waals surface area contributed by atoms with Gasteiger partial charge in [0.1, 0.15) is 0 Å². The maximum atomic E-state index is 4.57. The van der Waals surface area contributed by atoms with Crippen molar-refractivity contribution in [2.24, 2.45) is 0 Å². The Morgan fingerprint density at radius 2 is 1.62 bits per heavy atom. The smallest absolute Gasteiger partial charge is 1.00 e. The van der Waals surface area contributed by atoms with Crippen molar-refractivity contribution >= 4 is 0 Å². The third-order valence-corrected chi connectivity index (χ3v) is 0.526. The van der Waals surface area contributed by atoms with E-state index in [0.29, 0.717) is 0 Å². The Morgan fingerprint density at radius 3 is 1.62 bits per heavy atom. The summed E-state index contributed by atoms with van der Waals surface area (Å²) in [5.74, 6) is 0. The van der Waals surface area contributed by atoms with Crippen LogP contribution in [0.5, 0.6) is 0 Å². The van der Waals surface area contributed by atoms with E-state index in [4.69, 9.17) is 0 Å². The fourth-order valence-electron chi connectivity index (χ4n) is 0.0962. The average molecular weight is 161 g/mol. The zero-order valence-electron chi connectivity index (χ0n) is 6.40. The summed E-state index contributed by atoms with van der Waals surface area (Å²) in [6.45, 7) is 3.43. The average Bonchev–Trinajstić information content (AvgIpc) is 1.65. The molecule has 0 rings (SSSR count). The summed E-state index contributed by atoms with van der Waals surface area (Å²) in [6.07, 6.45) is -0.315. The van der Waals surface area contributed by atoms with E-state index in [-0.39, 0.29) is 43.6 Å². The predicted molar refractivity (Wildman–Crippen MR) is 24.3 cm³/mol. The molecule has 0 atom stereocenters. The molecule has 0 radical (unpaired) electrons. The summed E-state index contributed by atoms with van der Waals surface area (Å²) >= 11 is 0. The van der Waals surface area contributed by atoms with Crippen LogP contribution in [-0.2, 0) is 26.5 Å². The molecule has 0 amide bonds. The Balaban J connectivity index is -0.0000000417. The van der Waals surface area contributed by atoms with Gasteiger partial charge in [0.25, 0.3) is 0 Å². The molecule has 0 aliphatic heterocycles. The molecule has 0 aromatic carbocycles. The van der Waals surface area contributed by atoms with Crippen molar-refractivity contribution < 1.29 is 46.8 Å². The molecular formula is C4H10CuLiO2. The van der Waals surface area contributed by atoms with Crippen molar-refractivity contribution in [1.29, 1.82) is 0 Å². The minimum atomic E-state index is -0.315. The molecule has 0 bridgehead atoms. The third kappa shape index (κ3) is 10.1. The Labute approximate surface area is 74.4 Å². The number of methoxy groups -OCH3 is 2. The number of hydrogen-bond acceptors (Lipinski definition) is 2. The summed E-state index contributed by atoms with van der Waals surface area (Å²) in [4.78, 5) is 0. The van der Waals surface area contributed by atoms with Gasteiger partial charge in [0, 0.05) is 20.5 Å². The van der Waals surface area contributed by atoms with E-state index in [1.54, 1.807) is 14.2 Å². The summed E-state index contributed by atoms with van der Waals surface area (Å²) in [7, 11) is 3.09. The van der Waals surface area contributed by atoms with Crippen LogP contribution >= 0.6 is 0 Å². The summed E-state index contributed by atoms with van der Waals surface area (Å²) < 4.78 is 9.13. The first-order valence-electron chi connectivity index (χ1n) is 1.70. The quantitative estimate of drug-likeness (QED) is 0.254. The molecule has 0 spiro atoms. The molecule has 0 N–H and O–H groups in total. The first-order valence-corrected chi connectivity index (χ1v) is 1.70. The summed E-state index contributed by atoms with van der Waals surface area (Å²) in [5.41, 5.74) is 0. The van der Waals surface area contributed by atoms with Crippen molar-refractivity contribution in [2.75, 3.05) is 14.2 Å². The SMILES string of the molecule is [CH2-]C(OC)OC.[Cu+].[H-].[Li+]. The molecule has 0 saturated carbocycles. The zero-order valence-corrected chi connectivity index (χ0v) is 6.34. The van der Waals surface area contributed by atoms with Gasteiger partial charge in [0.15, 0.2) is 0 Å². The van der Waals surface area contributed by atoms with Crippen molar-refractivity contribution in [3.8, 4) is 0 Å². The molecule has 4 heteroatoms. The molecule has 2 nitrogen and oxygen atoms in total. The van der Waals surface area contributed by atoms with E-state index in [1.165, 1.54) is 0 Å². The second-order valence-electron chi connectivity index (χ2n) is 0.901. The van der Waals surface area contributed by atoms with Crippen LogP contribution < -0.4 is 18.9 Å². The van der Waals surface area contributed by atoms with Gasteiger partial charge in [-0.3, -0.25) is 6.92 Å². The number of rotatable bonds is 2. The topological polar surface area (TPSA) is 18.5 Å². The molecule has 0 aliphatic rings. The van der Waals surface area contributed by atoms with Gasteiger partial charge in [-0.15, -0.1) is 0 Å². The third-order valence-electron chi connectivity index (χ3n) is 0.526. The molecule has 0 aromatic rings. The van der Waals surface area contributed by atoms with Crippen molar-refractivity contribution in [2.45, 2.75) is 6.29 Å². The molecule has 0 heterocycles. The molecule has 0 aliphatic carbocycles. The standard InChI is InChI=1S/C4H9O2.Cu.Li.H/c1-4(5-2)6-3;;;/h4H,1H2,2-3H3;;;/q-1;2*+1;-1. The Morgan fingerprint density at radius 1 is 1.38 bits per heavy atom. The van der Waals surface area contributed by atoms with Gasteiger partial charge in [0.05, 0.1) is 0 Å². The molecule has 8 heavy (non-hydrogen) atoms. The van der Waals surface area contributed by atoms with Gasteiger partial charge >= 0.3 is 35.9 Å². The fourth-order valence-corrected chi connectivity index (χ4v) is 0.0962. The van der Waals surface area contributed by atoms with E-state index in [0.717, 1.165) is 0 Å². The minimum absolute atomic E-state index is 0.